The number of aromatic nitrogens is 2. The predicted octanol–water partition coefficient (Wildman–Crippen LogP) is 3.97. The molecule has 5 heteroatoms. The zero-order valence-corrected chi connectivity index (χ0v) is 13.3. The van der Waals surface area contributed by atoms with Crippen molar-refractivity contribution in [2.24, 2.45) is 0 Å². The SMILES string of the molecule is Cc1occc1CN(C)c1cc(Cl)nc(C(C)(C)C)n1. The van der Waals surface area contributed by atoms with Crippen LogP contribution >= 0.6 is 11.6 Å². The van der Waals surface area contributed by atoms with Gasteiger partial charge in [0.1, 0.15) is 22.6 Å². The first kappa shape index (κ1) is 14.9. The highest BCUT2D eigenvalue weighted by Crippen LogP contribution is 2.24. The molecule has 4 nitrogen and oxygen atoms in total. The molecule has 0 bridgehead atoms. The molecule has 0 radical (unpaired) electrons. The Bertz CT molecular complexity index is 601. The van der Waals surface area contributed by atoms with Crippen LogP contribution in [-0.4, -0.2) is 17.0 Å². The lowest BCUT2D eigenvalue weighted by Crippen LogP contribution is -2.22. The van der Waals surface area contributed by atoms with E-state index in [0.717, 1.165) is 29.5 Å². The molecular weight excluding hydrogens is 274 g/mol. The van der Waals surface area contributed by atoms with Crippen LogP contribution in [0.25, 0.3) is 0 Å². The van der Waals surface area contributed by atoms with E-state index in [0.29, 0.717) is 5.15 Å². The molecule has 20 heavy (non-hydrogen) atoms. The normalized spacial score (nSPS) is 11.7. The molecule has 2 aromatic heterocycles. The van der Waals surface area contributed by atoms with Gasteiger partial charge in [-0.15, -0.1) is 0 Å². The number of anilines is 1. The molecule has 2 heterocycles. The molecule has 108 valence electrons. The second-order valence-corrected chi connectivity index (χ2v) is 6.37. The van der Waals surface area contributed by atoms with Gasteiger partial charge in [-0.25, -0.2) is 9.97 Å². The van der Waals surface area contributed by atoms with Gasteiger partial charge in [-0.3, -0.25) is 0 Å². The van der Waals surface area contributed by atoms with Gasteiger partial charge < -0.3 is 9.32 Å². The van der Waals surface area contributed by atoms with Crippen LogP contribution in [0.4, 0.5) is 5.82 Å². The van der Waals surface area contributed by atoms with Crippen molar-refractivity contribution in [1.82, 2.24) is 9.97 Å². The quantitative estimate of drug-likeness (QED) is 0.803. The monoisotopic (exact) mass is 293 g/mol. The van der Waals surface area contributed by atoms with Gasteiger partial charge in [-0.1, -0.05) is 32.4 Å². The second kappa shape index (κ2) is 5.44. The summed E-state index contributed by atoms with van der Waals surface area (Å²) in [6.07, 6.45) is 1.70. The smallest absolute Gasteiger partial charge is 0.137 e. The molecule has 2 aromatic rings. The lowest BCUT2D eigenvalue weighted by atomic mass is 9.96. The van der Waals surface area contributed by atoms with E-state index in [9.17, 15) is 0 Å². The first-order chi connectivity index (χ1) is 9.27. The molecule has 0 unspecified atom stereocenters. The topological polar surface area (TPSA) is 42.2 Å². The summed E-state index contributed by atoms with van der Waals surface area (Å²) >= 11 is 6.12. The Morgan fingerprint density at radius 1 is 1.30 bits per heavy atom. The molecule has 0 amide bonds. The first-order valence-electron chi connectivity index (χ1n) is 6.56. The zero-order chi connectivity index (χ0) is 14.9. The van der Waals surface area contributed by atoms with Gasteiger partial charge in [0, 0.05) is 30.6 Å². The van der Waals surface area contributed by atoms with Crippen molar-refractivity contribution < 1.29 is 4.42 Å². The fraction of sp³-hybridized carbons (Fsp3) is 0.467. The van der Waals surface area contributed by atoms with Crippen molar-refractivity contribution in [3.05, 3.63) is 40.7 Å². The standard InChI is InChI=1S/C15H20ClN3O/c1-10-11(6-7-20-10)9-19(5)13-8-12(16)17-14(18-13)15(2,3)4/h6-8H,9H2,1-5H3. The summed E-state index contributed by atoms with van der Waals surface area (Å²) in [5.74, 6) is 2.49. The van der Waals surface area contributed by atoms with Crippen molar-refractivity contribution in [3.8, 4) is 0 Å². The second-order valence-electron chi connectivity index (χ2n) is 5.98. The van der Waals surface area contributed by atoms with Crippen LogP contribution in [0.15, 0.2) is 22.8 Å². The van der Waals surface area contributed by atoms with E-state index in [1.165, 1.54) is 0 Å². The molecule has 0 spiro atoms. The average molecular weight is 294 g/mol. The van der Waals surface area contributed by atoms with Gasteiger partial charge in [0.15, 0.2) is 0 Å². The van der Waals surface area contributed by atoms with Gasteiger partial charge in [0.2, 0.25) is 0 Å². The highest BCUT2D eigenvalue weighted by Gasteiger charge is 2.20. The van der Waals surface area contributed by atoms with E-state index >= 15 is 0 Å². The van der Waals surface area contributed by atoms with Crippen LogP contribution < -0.4 is 4.90 Å². The summed E-state index contributed by atoms with van der Waals surface area (Å²) in [7, 11) is 1.98. The van der Waals surface area contributed by atoms with Crippen molar-refractivity contribution in [3.63, 3.8) is 0 Å². The van der Waals surface area contributed by atoms with Crippen LogP contribution in [0.3, 0.4) is 0 Å². The molecule has 0 aromatic carbocycles. The number of hydrogen-bond acceptors (Lipinski definition) is 4. The molecule has 0 N–H and O–H groups in total. The van der Waals surface area contributed by atoms with Gasteiger partial charge >= 0.3 is 0 Å². The maximum absolute atomic E-state index is 6.12. The summed E-state index contributed by atoms with van der Waals surface area (Å²) in [5.41, 5.74) is 1.01. The molecule has 0 saturated carbocycles. The third-order valence-corrected chi connectivity index (χ3v) is 3.31. The van der Waals surface area contributed by atoms with Crippen LogP contribution in [0.5, 0.6) is 0 Å². The van der Waals surface area contributed by atoms with Crippen LogP contribution in [0.2, 0.25) is 5.15 Å². The van der Waals surface area contributed by atoms with E-state index in [-0.39, 0.29) is 5.41 Å². The summed E-state index contributed by atoms with van der Waals surface area (Å²) in [6, 6.07) is 3.76. The summed E-state index contributed by atoms with van der Waals surface area (Å²) < 4.78 is 5.32. The molecule has 2 rings (SSSR count). The maximum atomic E-state index is 6.12. The number of halogens is 1. The average Bonchev–Trinajstić information content (AvgIpc) is 2.73. The minimum Gasteiger partial charge on any atom is -0.469 e. The number of furan rings is 1. The summed E-state index contributed by atoms with van der Waals surface area (Å²) in [4.78, 5) is 11.0. The highest BCUT2D eigenvalue weighted by molar-refractivity contribution is 6.29. The minimum absolute atomic E-state index is 0.133. The molecular formula is C15H20ClN3O. The van der Waals surface area contributed by atoms with Crippen LogP contribution in [0.1, 0.15) is 37.9 Å². The van der Waals surface area contributed by atoms with Crippen LogP contribution in [0, 0.1) is 6.92 Å². The molecule has 0 aliphatic heterocycles. The van der Waals surface area contributed by atoms with Crippen molar-refractivity contribution in [2.75, 3.05) is 11.9 Å². The molecule has 0 saturated heterocycles. The highest BCUT2D eigenvalue weighted by atomic mass is 35.5. The third-order valence-electron chi connectivity index (χ3n) is 3.12. The molecule has 0 aliphatic rings. The summed E-state index contributed by atoms with van der Waals surface area (Å²) in [5, 5.41) is 0.468. The van der Waals surface area contributed by atoms with E-state index in [1.54, 1.807) is 12.3 Å². The van der Waals surface area contributed by atoms with E-state index in [1.807, 2.05) is 24.9 Å². The fourth-order valence-electron chi connectivity index (χ4n) is 1.85. The lowest BCUT2D eigenvalue weighted by Gasteiger charge is -2.22. The zero-order valence-electron chi connectivity index (χ0n) is 12.6. The Morgan fingerprint density at radius 2 is 2.00 bits per heavy atom. The Morgan fingerprint density at radius 3 is 2.55 bits per heavy atom. The van der Waals surface area contributed by atoms with Gasteiger partial charge in [-0.05, 0) is 13.0 Å². The maximum Gasteiger partial charge on any atom is 0.137 e. The predicted molar refractivity (Wildman–Crippen MR) is 81.3 cm³/mol. The Labute approximate surface area is 124 Å². The molecule has 0 fully saturated rings. The molecule has 0 aliphatic carbocycles. The van der Waals surface area contributed by atoms with Crippen LogP contribution in [-0.2, 0) is 12.0 Å². The van der Waals surface area contributed by atoms with Gasteiger partial charge in [0.05, 0.1) is 6.26 Å². The van der Waals surface area contributed by atoms with E-state index in [4.69, 9.17) is 16.0 Å². The fourth-order valence-corrected chi connectivity index (χ4v) is 2.03. The van der Waals surface area contributed by atoms with E-state index in [2.05, 4.69) is 30.7 Å². The Kier molecular flexibility index (Phi) is 4.04. The number of rotatable bonds is 3. The van der Waals surface area contributed by atoms with Gasteiger partial charge in [-0.2, -0.15) is 0 Å². The number of hydrogen-bond donors (Lipinski definition) is 0. The van der Waals surface area contributed by atoms with Crippen molar-refractivity contribution >= 4 is 17.4 Å². The largest absolute Gasteiger partial charge is 0.469 e. The molecule has 0 atom stereocenters. The van der Waals surface area contributed by atoms with Crippen molar-refractivity contribution in [2.45, 2.75) is 39.7 Å². The van der Waals surface area contributed by atoms with Crippen molar-refractivity contribution in [1.29, 1.82) is 0 Å². The lowest BCUT2D eigenvalue weighted by molar-refractivity contribution is 0.529. The first-order valence-corrected chi connectivity index (χ1v) is 6.94. The van der Waals surface area contributed by atoms with E-state index < -0.39 is 0 Å². The van der Waals surface area contributed by atoms with Gasteiger partial charge in [0.25, 0.3) is 0 Å². The Balaban J connectivity index is 2.28. The third kappa shape index (κ3) is 3.31. The Hall–Kier alpha value is -1.55. The minimum atomic E-state index is -0.133. The summed E-state index contributed by atoms with van der Waals surface area (Å²) in [6.45, 7) is 8.89. The number of nitrogens with zero attached hydrogens (tertiary/aromatic N) is 3. The number of aryl methyl sites for hydroxylation is 1.